The fourth-order valence-electron chi connectivity index (χ4n) is 4.75. The molecule has 0 aromatic carbocycles. The predicted octanol–water partition coefficient (Wildman–Crippen LogP) is 4.20. The lowest BCUT2D eigenvalue weighted by Crippen LogP contribution is -2.38. The Morgan fingerprint density at radius 1 is 0.857 bits per heavy atom. The molecule has 3 aliphatic rings. The third-order valence-electron chi connectivity index (χ3n) is 6.32. The van der Waals surface area contributed by atoms with E-state index in [1.54, 1.807) is 0 Å². The van der Waals surface area contributed by atoms with Crippen LogP contribution < -0.4 is 5.32 Å². The van der Waals surface area contributed by atoms with Crippen LogP contribution in [0.25, 0.3) is 0 Å². The molecule has 3 fully saturated rings. The van der Waals surface area contributed by atoms with Gasteiger partial charge >= 0.3 is 0 Å². The topological polar surface area (TPSA) is 15.3 Å². The first kappa shape index (κ1) is 15.8. The van der Waals surface area contributed by atoms with Crippen LogP contribution in [-0.2, 0) is 0 Å². The molecular weight excluding hydrogens is 256 g/mol. The predicted molar refractivity (Wildman–Crippen MR) is 90.6 cm³/mol. The molecule has 122 valence electrons. The summed E-state index contributed by atoms with van der Waals surface area (Å²) in [6.45, 7) is 2.52. The van der Waals surface area contributed by atoms with Crippen molar-refractivity contribution in [3.05, 3.63) is 0 Å². The van der Waals surface area contributed by atoms with Gasteiger partial charge in [-0.15, -0.1) is 0 Å². The summed E-state index contributed by atoms with van der Waals surface area (Å²) in [7, 11) is 2.35. The third kappa shape index (κ3) is 4.96. The zero-order valence-corrected chi connectivity index (χ0v) is 14.2. The highest BCUT2D eigenvalue weighted by atomic mass is 15.1. The van der Waals surface area contributed by atoms with E-state index in [1.165, 1.54) is 90.1 Å². The van der Waals surface area contributed by atoms with Crippen molar-refractivity contribution < 1.29 is 0 Å². The minimum Gasteiger partial charge on any atom is -0.314 e. The molecule has 0 amide bonds. The fraction of sp³-hybridized carbons (Fsp3) is 1.00. The number of rotatable bonds is 7. The minimum absolute atomic E-state index is 0.837. The van der Waals surface area contributed by atoms with E-state index in [1.807, 2.05) is 0 Å². The van der Waals surface area contributed by atoms with Gasteiger partial charge in [0.15, 0.2) is 0 Å². The first-order valence-corrected chi connectivity index (χ1v) is 9.76. The highest BCUT2D eigenvalue weighted by Crippen LogP contribution is 2.43. The molecular formula is C19H36N2. The van der Waals surface area contributed by atoms with Crippen molar-refractivity contribution in [3.63, 3.8) is 0 Å². The summed E-state index contributed by atoms with van der Waals surface area (Å²) in [4.78, 5) is 2.63. The molecule has 3 saturated carbocycles. The van der Waals surface area contributed by atoms with E-state index in [9.17, 15) is 0 Å². The molecule has 3 rings (SSSR count). The molecule has 1 N–H and O–H groups in total. The second-order valence-corrected chi connectivity index (χ2v) is 8.04. The SMILES string of the molecule is CN(CCCNC1CCCC(C2CC2)C1)C1CCCCC1. The van der Waals surface area contributed by atoms with Gasteiger partial charge in [-0.1, -0.05) is 32.1 Å². The average Bonchev–Trinajstić information content (AvgIpc) is 3.37. The molecule has 0 saturated heterocycles. The van der Waals surface area contributed by atoms with Gasteiger partial charge in [-0.25, -0.2) is 0 Å². The molecule has 0 aromatic rings. The molecule has 0 aliphatic heterocycles. The molecule has 2 heteroatoms. The summed E-state index contributed by atoms with van der Waals surface area (Å²) in [5.74, 6) is 2.19. The molecule has 0 heterocycles. The van der Waals surface area contributed by atoms with Gasteiger partial charge in [0, 0.05) is 12.1 Å². The summed E-state index contributed by atoms with van der Waals surface area (Å²) in [5, 5.41) is 3.87. The molecule has 2 unspecified atom stereocenters. The van der Waals surface area contributed by atoms with Gasteiger partial charge in [-0.05, 0) is 76.9 Å². The van der Waals surface area contributed by atoms with Crippen LogP contribution in [0.2, 0.25) is 0 Å². The Balaban J connectivity index is 1.27. The van der Waals surface area contributed by atoms with Crippen LogP contribution in [0, 0.1) is 11.8 Å². The van der Waals surface area contributed by atoms with Gasteiger partial charge < -0.3 is 10.2 Å². The monoisotopic (exact) mass is 292 g/mol. The Morgan fingerprint density at radius 2 is 1.67 bits per heavy atom. The highest BCUT2D eigenvalue weighted by molar-refractivity contribution is 4.87. The van der Waals surface area contributed by atoms with Crippen molar-refractivity contribution in [1.82, 2.24) is 10.2 Å². The maximum Gasteiger partial charge on any atom is 0.00922 e. The molecule has 0 spiro atoms. The summed E-state index contributed by atoms with van der Waals surface area (Å²) in [5.41, 5.74) is 0. The van der Waals surface area contributed by atoms with Crippen LogP contribution in [0.15, 0.2) is 0 Å². The van der Waals surface area contributed by atoms with Crippen LogP contribution in [0.3, 0.4) is 0 Å². The van der Waals surface area contributed by atoms with Gasteiger partial charge in [0.2, 0.25) is 0 Å². The summed E-state index contributed by atoms with van der Waals surface area (Å²) in [6.07, 6.45) is 17.6. The van der Waals surface area contributed by atoms with Gasteiger partial charge in [-0.2, -0.15) is 0 Å². The maximum absolute atomic E-state index is 3.87. The van der Waals surface area contributed by atoms with Crippen LogP contribution >= 0.6 is 0 Å². The van der Waals surface area contributed by atoms with Crippen LogP contribution in [-0.4, -0.2) is 37.1 Å². The van der Waals surface area contributed by atoms with Crippen LogP contribution in [0.5, 0.6) is 0 Å². The highest BCUT2D eigenvalue weighted by Gasteiger charge is 2.34. The van der Waals surface area contributed by atoms with E-state index in [-0.39, 0.29) is 0 Å². The number of nitrogens with one attached hydrogen (secondary N) is 1. The standard InChI is InChI=1S/C19H36N2/c1-21(19-9-3-2-4-10-19)14-6-13-20-18-8-5-7-17(15-18)16-11-12-16/h16-20H,2-15H2,1H3. The molecule has 0 bridgehead atoms. The first-order chi connectivity index (χ1) is 10.3. The zero-order valence-electron chi connectivity index (χ0n) is 14.2. The quantitative estimate of drug-likeness (QED) is 0.708. The largest absolute Gasteiger partial charge is 0.314 e. The average molecular weight is 293 g/mol. The molecule has 3 aliphatic carbocycles. The normalized spacial score (nSPS) is 31.7. The zero-order chi connectivity index (χ0) is 14.5. The van der Waals surface area contributed by atoms with Gasteiger partial charge in [0.25, 0.3) is 0 Å². The molecule has 21 heavy (non-hydrogen) atoms. The van der Waals surface area contributed by atoms with Crippen molar-refractivity contribution in [2.45, 2.75) is 89.1 Å². The van der Waals surface area contributed by atoms with E-state index >= 15 is 0 Å². The Kier molecular flexibility index (Phi) is 5.99. The van der Waals surface area contributed by atoms with Crippen molar-refractivity contribution in [3.8, 4) is 0 Å². The number of hydrogen-bond donors (Lipinski definition) is 1. The van der Waals surface area contributed by atoms with Crippen LogP contribution in [0.4, 0.5) is 0 Å². The Bertz CT molecular complexity index is 294. The molecule has 2 nitrogen and oxygen atoms in total. The maximum atomic E-state index is 3.87. The van der Waals surface area contributed by atoms with Crippen LogP contribution in [0.1, 0.15) is 77.0 Å². The Labute approximate surface area is 132 Å². The van der Waals surface area contributed by atoms with E-state index in [0.29, 0.717) is 0 Å². The third-order valence-corrected chi connectivity index (χ3v) is 6.32. The Hall–Kier alpha value is -0.0800. The van der Waals surface area contributed by atoms with E-state index < -0.39 is 0 Å². The van der Waals surface area contributed by atoms with Gasteiger partial charge in [0.1, 0.15) is 0 Å². The summed E-state index contributed by atoms with van der Waals surface area (Å²) >= 11 is 0. The molecule has 0 radical (unpaired) electrons. The lowest BCUT2D eigenvalue weighted by molar-refractivity contribution is 0.187. The van der Waals surface area contributed by atoms with Crippen molar-refractivity contribution in [2.24, 2.45) is 11.8 Å². The number of hydrogen-bond acceptors (Lipinski definition) is 2. The van der Waals surface area contributed by atoms with Gasteiger partial charge in [-0.3, -0.25) is 0 Å². The Morgan fingerprint density at radius 3 is 2.43 bits per heavy atom. The minimum atomic E-state index is 0.837. The van der Waals surface area contributed by atoms with E-state index in [4.69, 9.17) is 0 Å². The smallest absolute Gasteiger partial charge is 0.00922 e. The lowest BCUT2D eigenvalue weighted by atomic mass is 9.83. The van der Waals surface area contributed by atoms with Gasteiger partial charge in [0.05, 0.1) is 0 Å². The lowest BCUT2D eigenvalue weighted by Gasteiger charge is -2.32. The van der Waals surface area contributed by atoms with Crippen molar-refractivity contribution >= 4 is 0 Å². The van der Waals surface area contributed by atoms with E-state index in [0.717, 1.165) is 23.9 Å². The summed E-state index contributed by atoms with van der Waals surface area (Å²) in [6, 6.07) is 1.72. The summed E-state index contributed by atoms with van der Waals surface area (Å²) < 4.78 is 0. The number of nitrogens with zero attached hydrogens (tertiary/aromatic N) is 1. The van der Waals surface area contributed by atoms with Crippen molar-refractivity contribution in [1.29, 1.82) is 0 Å². The fourth-order valence-corrected chi connectivity index (χ4v) is 4.75. The second kappa shape index (κ2) is 7.97. The molecule has 2 atom stereocenters. The van der Waals surface area contributed by atoms with E-state index in [2.05, 4.69) is 17.3 Å². The second-order valence-electron chi connectivity index (χ2n) is 8.04. The molecule has 0 aromatic heterocycles. The first-order valence-electron chi connectivity index (χ1n) is 9.76. The van der Waals surface area contributed by atoms with Crippen molar-refractivity contribution in [2.75, 3.05) is 20.1 Å².